The van der Waals surface area contributed by atoms with Gasteiger partial charge in [-0.1, -0.05) is 31.0 Å². The molecule has 0 bridgehead atoms. The maximum Gasteiger partial charge on any atom is 0.209 e. The van der Waals surface area contributed by atoms with Crippen LogP contribution in [-0.2, 0) is 4.74 Å². The first-order chi connectivity index (χ1) is 9.43. The lowest BCUT2D eigenvalue weighted by molar-refractivity contribution is 0.0315. The predicted molar refractivity (Wildman–Crippen MR) is 74.3 cm³/mol. The van der Waals surface area contributed by atoms with Gasteiger partial charge >= 0.3 is 0 Å². The van der Waals surface area contributed by atoms with Crippen molar-refractivity contribution in [3.05, 3.63) is 0 Å². The Morgan fingerprint density at radius 1 is 1.11 bits per heavy atom. The van der Waals surface area contributed by atoms with Crippen LogP contribution in [0.4, 0.5) is 0 Å². The van der Waals surface area contributed by atoms with Crippen molar-refractivity contribution in [2.75, 3.05) is 12.4 Å². The fourth-order valence-corrected chi connectivity index (χ4v) is 3.95. The van der Waals surface area contributed by atoms with E-state index < -0.39 is 0 Å². The standard InChI is InChI=1S/C13H22N4OS/c1-2-6-11(7-3-1)17-13(14-15-16-17)19-10-12-8-4-5-9-18-12/h11-12H,1-10H2. The Hall–Kier alpha value is -0.620. The van der Waals surface area contributed by atoms with Crippen molar-refractivity contribution < 1.29 is 4.74 Å². The van der Waals surface area contributed by atoms with Crippen LogP contribution in [0.2, 0.25) is 0 Å². The molecule has 2 aliphatic rings. The molecular formula is C13H22N4OS. The smallest absolute Gasteiger partial charge is 0.209 e. The summed E-state index contributed by atoms with van der Waals surface area (Å²) in [5.41, 5.74) is 0. The Bertz CT molecular complexity index is 386. The average molecular weight is 282 g/mol. The van der Waals surface area contributed by atoms with Crippen LogP contribution in [-0.4, -0.2) is 38.7 Å². The van der Waals surface area contributed by atoms with Crippen molar-refractivity contribution in [3.8, 4) is 0 Å². The third kappa shape index (κ3) is 3.48. The van der Waals surface area contributed by atoms with E-state index in [4.69, 9.17) is 4.74 Å². The van der Waals surface area contributed by atoms with Gasteiger partial charge in [0, 0.05) is 12.4 Å². The minimum Gasteiger partial charge on any atom is -0.377 e. The number of rotatable bonds is 4. The van der Waals surface area contributed by atoms with E-state index in [1.807, 2.05) is 4.68 Å². The lowest BCUT2D eigenvalue weighted by Gasteiger charge is -2.24. The number of tetrazole rings is 1. The van der Waals surface area contributed by atoms with E-state index in [2.05, 4.69) is 15.5 Å². The van der Waals surface area contributed by atoms with Gasteiger partial charge in [0.15, 0.2) is 0 Å². The number of nitrogens with zero attached hydrogens (tertiary/aromatic N) is 4. The minimum absolute atomic E-state index is 0.384. The van der Waals surface area contributed by atoms with Crippen LogP contribution < -0.4 is 0 Å². The Labute approximate surface area is 118 Å². The monoisotopic (exact) mass is 282 g/mol. The van der Waals surface area contributed by atoms with Gasteiger partial charge in [0.25, 0.3) is 0 Å². The molecule has 3 rings (SSSR count). The van der Waals surface area contributed by atoms with Crippen molar-refractivity contribution >= 4 is 11.8 Å². The fourth-order valence-electron chi connectivity index (χ4n) is 2.94. The molecule has 1 saturated heterocycles. The summed E-state index contributed by atoms with van der Waals surface area (Å²) >= 11 is 1.76. The van der Waals surface area contributed by atoms with E-state index in [1.165, 1.54) is 51.4 Å². The molecule has 0 aromatic carbocycles. The fraction of sp³-hybridized carbons (Fsp3) is 0.923. The summed E-state index contributed by atoms with van der Waals surface area (Å²) in [5.74, 6) is 0.979. The molecule has 1 unspecified atom stereocenters. The van der Waals surface area contributed by atoms with Crippen LogP contribution in [0.3, 0.4) is 0 Å². The average Bonchev–Trinajstić information content (AvgIpc) is 2.95. The van der Waals surface area contributed by atoms with Gasteiger partial charge in [0.1, 0.15) is 0 Å². The Kier molecular flexibility index (Phi) is 4.71. The van der Waals surface area contributed by atoms with Crippen molar-refractivity contribution in [2.45, 2.75) is 68.7 Å². The first-order valence-corrected chi connectivity index (χ1v) is 8.44. The molecule has 0 amide bonds. The summed E-state index contributed by atoms with van der Waals surface area (Å²) in [6, 6.07) is 0.513. The van der Waals surface area contributed by atoms with Crippen molar-refractivity contribution in [1.29, 1.82) is 0 Å². The topological polar surface area (TPSA) is 52.8 Å². The highest BCUT2D eigenvalue weighted by Gasteiger charge is 2.21. The molecule has 1 atom stereocenters. The molecule has 106 valence electrons. The van der Waals surface area contributed by atoms with Crippen LogP contribution in [0.5, 0.6) is 0 Å². The first-order valence-electron chi connectivity index (χ1n) is 7.46. The molecule has 2 heterocycles. The molecule has 5 nitrogen and oxygen atoms in total. The second-order valence-corrected chi connectivity index (χ2v) is 6.48. The maximum absolute atomic E-state index is 5.76. The molecule has 19 heavy (non-hydrogen) atoms. The molecule has 1 aliphatic heterocycles. The second-order valence-electron chi connectivity index (χ2n) is 5.50. The number of hydrogen-bond donors (Lipinski definition) is 0. The number of ether oxygens (including phenoxy) is 1. The van der Waals surface area contributed by atoms with Gasteiger partial charge in [-0.25, -0.2) is 4.68 Å². The summed E-state index contributed by atoms with van der Waals surface area (Å²) in [5, 5.41) is 13.2. The normalized spacial score (nSPS) is 25.6. The molecule has 1 aliphatic carbocycles. The molecule has 1 aromatic heterocycles. The quantitative estimate of drug-likeness (QED) is 0.795. The zero-order valence-electron chi connectivity index (χ0n) is 11.3. The highest BCUT2D eigenvalue weighted by molar-refractivity contribution is 7.99. The van der Waals surface area contributed by atoms with E-state index in [9.17, 15) is 0 Å². The van der Waals surface area contributed by atoms with Gasteiger partial charge < -0.3 is 4.74 Å². The highest BCUT2D eigenvalue weighted by atomic mass is 32.2. The van der Waals surface area contributed by atoms with Crippen molar-refractivity contribution in [3.63, 3.8) is 0 Å². The largest absolute Gasteiger partial charge is 0.377 e. The lowest BCUT2D eigenvalue weighted by atomic mass is 9.96. The Balaban J connectivity index is 1.56. The van der Waals surface area contributed by atoms with Crippen LogP contribution in [0.1, 0.15) is 57.4 Å². The van der Waals surface area contributed by atoms with E-state index in [1.54, 1.807) is 11.8 Å². The predicted octanol–water partition coefficient (Wildman–Crippen LogP) is 2.84. The van der Waals surface area contributed by atoms with Gasteiger partial charge in [-0.3, -0.25) is 0 Å². The lowest BCUT2D eigenvalue weighted by Crippen LogP contribution is -2.22. The Morgan fingerprint density at radius 3 is 2.74 bits per heavy atom. The van der Waals surface area contributed by atoms with E-state index in [0.29, 0.717) is 12.1 Å². The summed E-state index contributed by atoms with van der Waals surface area (Å²) in [6.07, 6.45) is 10.5. The van der Waals surface area contributed by atoms with E-state index in [-0.39, 0.29) is 0 Å². The molecule has 0 radical (unpaired) electrons. The van der Waals surface area contributed by atoms with E-state index >= 15 is 0 Å². The molecular weight excluding hydrogens is 260 g/mol. The second kappa shape index (κ2) is 6.70. The summed E-state index contributed by atoms with van der Waals surface area (Å²) < 4.78 is 7.81. The molecule has 0 N–H and O–H groups in total. The SMILES string of the molecule is C1CCC(n2nnnc2SCC2CCCCO2)CC1. The van der Waals surface area contributed by atoms with Gasteiger partial charge in [0.2, 0.25) is 5.16 Å². The summed E-state index contributed by atoms with van der Waals surface area (Å²) in [6.45, 7) is 0.915. The van der Waals surface area contributed by atoms with Crippen LogP contribution in [0.25, 0.3) is 0 Å². The zero-order valence-corrected chi connectivity index (χ0v) is 12.1. The summed E-state index contributed by atoms with van der Waals surface area (Å²) in [4.78, 5) is 0. The molecule has 0 spiro atoms. The van der Waals surface area contributed by atoms with E-state index in [0.717, 1.165) is 17.5 Å². The van der Waals surface area contributed by atoms with Gasteiger partial charge in [-0.05, 0) is 42.5 Å². The minimum atomic E-state index is 0.384. The summed E-state index contributed by atoms with van der Waals surface area (Å²) in [7, 11) is 0. The van der Waals surface area contributed by atoms with Crippen LogP contribution >= 0.6 is 11.8 Å². The molecule has 1 saturated carbocycles. The maximum atomic E-state index is 5.76. The number of thioether (sulfide) groups is 1. The number of aromatic nitrogens is 4. The van der Waals surface area contributed by atoms with Crippen LogP contribution in [0, 0.1) is 0 Å². The Morgan fingerprint density at radius 2 is 1.95 bits per heavy atom. The molecule has 2 fully saturated rings. The van der Waals surface area contributed by atoms with Crippen molar-refractivity contribution in [2.24, 2.45) is 0 Å². The third-order valence-electron chi connectivity index (χ3n) is 4.06. The van der Waals surface area contributed by atoms with Gasteiger partial charge in [0.05, 0.1) is 12.1 Å². The highest BCUT2D eigenvalue weighted by Crippen LogP contribution is 2.30. The third-order valence-corrected chi connectivity index (χ3v) is 5.12. The van der Waals surface area contributed by atoms with Crippen molar-refractivity contribution in [1.82, 2.24) is 20.2 Å². The zero-order chi connectivity index (χ0) is 12.9. The van der Waals surface area contributed by atoms with Gasteiger partial charge in [-0.15, -0.1) is 5.10 Å². The van der Waals surface area contributed by atoms with Gasteiger partial charge in [-0.2, -0.15) is 0 Å². The first kappa shape index (κ1) is 13.4. The molecule has 1 aromatic rings. The number of hydrogen-bond acceptors (Lipinski definition) is 5. The molecule has 6 heteroatoms. The van der Waals surface area contributed by atoms with Crippen LogP contribution in [0.15, 0.2) is 5.16 Å².